The number of rotatable bonds is 7. The highest BCUT2D eigenvalue weighted by atomic mass is 16.5. The predicted octanol–water partition coefficient (Wildman–Crippen LogP) is 2.90. The zero-order chi connectivity index (χ0) is 15.8. The zero-order valence-electron chi connectivity index (χ0n) is 13.7. The van der Waals surface area contributed by atoms with E-state index in [4.69, 9.17) is 9.47 Å². The molecule has 0 unspecified atom stereocenters. The standard InChI is InChI=1S/C18H27NO3/c1-21-13-3-4-18(20)19-11-9-16(10-12-19)14-15-5-7-17(22-2)8-6-15/h5-8,16H,3-4,9-14H2,1-2H3. The van der Waals surface area contributed by atoms with Crippen LogP contribution in [-0.4, -0.2) is 44.7 Å². The van der Waals surface area contributed by atoms with Gasteiger partial charge in [-0.25, -0.2) is 0 Å². The van der Waals surface area contributed by atoms with E-state index in [0.717, 1.165) is 44.5 Å². The molecule has 1 fully saturated rings. The molecular formula is C18H27NO3. The van der Waals surface area contributed by atoms with Crippen molar-refractivity contribution >= 4 is 5.91 Å². The summed E-state index contributed by atoms with van der Waals surface area (Å²) in [5.41, 5.74) is 1.35. The van der Waals surface area contributed by atoms with Gasteiger partial charge in [-0.2, -0.15) is 0 Å². The van der Waals surface area contributed by atoms with E-state index in [0.29, 0.717) is 18.9 Å². The smallest absolute Gasteiger partial charge is 0.222 e. The maximum Gasteiger partial charge on any atom is 0.222 e. The molecule has 0 aliphatic carbocycles. The lowest BCUT2D eigenvalue weighted by Crippen LogP contribution is -2.38. The third-order valence-corrected chi connectivity index (χ3v) is 4.39. The Balaban J connectivity index is 1.73. The summed E-state index contributed by atoms with van der Waals surface area (Å²) >= 11 is 0. The van der Waals surface area contributed by atoms with E-state index in [2.05, 4.69) is 12.1 Å². The highest BCUT2D eigenvalue weighted by molar-refractivity contribution is 5.76. The quantitative estimate of drug-likeness (QED) is 0.727. The lowest BCUT2D eigenvalue weighted by atomic mass is 9.90. The lowest BCUT2D eigenvalue weighted by Gasteiger charge is -2.32. The second-order valence-corrected chi connectivity index (χ2v) is 5.97. The molecule has 22 heavy (non-hydrogen) atoms. The Morgan fingerprint density at radius 2 is 1.86 bits per heavy atom. The number of amides is 1. The summed E-state index contributed by atoms with van der Waals surface area (Å²) in [6, 6.07) is 8.32. The summed E-state index contributed by atoms with van der Waals surface area (Å²) < 4.78 is 10.2. The molecular weight excluding hydrogens is 278 g/mol. The van der Waals surface area contributed by atoms with Crippen molar-refractivity contribution in [1.29, 1.82) is 0 Å². The van der Waals surface area contributed by atoms with Crippen LogP contribution in [-0.2, 0) is 16.0 Å². The molecule has 1 aromatic rings. The van der Waals surface area contributed by atoms with Crippen molar-refractivity contribution in [3.05, 3.63) is 29.8 Å². The largest absolute Gasteiger partial charge is 0.497 e. The van der Waals surface area contributed by atoms with Crippen LogP contribution in [0.1, 0.15) is 31.2 Å². The lowest BCUT2D eigenvalue weighted by molar-refractivity contribution is -0.132. The van der Waals surface area contributed by atoms with E-state index >= 15 is 0 Å². The van der Waals surface area contributed by atoms with Crippen LogP contribution in [0.25, 0.3) is 0 Å². The number of hydrogen-bond donors (Lipinski definition) is 0. The average Bonchev–Trinajstić information content (AvgIpc) is 2.56. The Bertz CT molecular complexity index is 450. The molecule has 1 aliphatic rings. The first kappa shape index (κ1) is 16.8. The van der Waals surface area contributed by atoms with Crippen molar-refractivity contribution < 1.29 is 14.3 Å². The number of benzene rings is 1. The van der Waals surface area contributed by atoms with E-state index in [9.17, 15) is 4.79 Å². The summed E-state index contributed by atoms with van der Waals surface area (Å²) in [7, 11) is 3.36. The van der Waals surface area contributed by atoms with Gasteiger partial charge < -0.3 is 14.4 Å². The molecule has 1 heterocycles. The number of carbonyl (C=O) groups excluding carboxylic acids is 1. The molecule has 122 valence electrons. The zero-order valence-corrected chi connectivity index (χ0v) is 13.7. The van der Waals surface area contributed by atoms with Crippen molar-refractivity contribution in [2.24, 2.45) is 5.92 Å². The van der Waals surface area contributed by atoms with Crippen LogP contribution >= 0.6 is 0 Å². The molecule has 0 aromatic heterocycles. The van der Waals surface area contributed by atoms with Gasteiger partial charge in [0.25, 0.3) is 0 Å². The van der Waals surface area contributed by atoms with Gasteiger partial charge in [0, 0.05) is 33.2 Å². The molecule has 2 rings (SSSR count). The Kier molecular flexibility index (Phi) is 6.72. The summed E-state index contributed by atoms with van der Waals surface area (Å²) in [4.78, 5) is 14.1. The molecule has 0 saturated carbocycles. The maximum atomic E-state index is 12.1. The maximum absolute atomic E-state index is 12.1. The van der Waals surface area contributed by atoms with Gasteiger partial charge in [-0.05, 0) is 49.3 Å². The molecule has 1 aliphatic heterocycles. The van der Waals surface area contributed by atoms with Gasteiger partial charge >= 0.3 is 0 Å². The van der Waals surface area contributed by atoms with Crippen molar-refractivity contribution in [3.63, 3.8) is 0 Å². The van der Waals surface area contributed by atoms with E-state index in [-0.39, 0.29) is 5.91 Å². The minimum absolute atomic E-state index is 0.278. The SMILES string of the molecule is COCCCC(=O)N1CCC(Cc2ccc(OC)cc2)CC1. The molecule has 4 nitrogen and oxygen atoms in total. The van der Waals surface area contributed by atoms with Gasteiger partial charge in [0.2, 0.25) is 5.91 Å². The third-order valence-electron chi connectivity index (χ3n) is 4.39. The minimum Gasteiger partial charge on any atom is -0.497 e. The van der Waals surface area contributed by atoms with E-state index in [1.807, 2.05) is 17.0 Å². The second kappa shape index (κ2) is 8.79. The number of ether oxygens (including phenoxy) is 2. The predicted molar refractivity (Wildman–Crippen MR) is 87.1 cm³/mol. The number of carbonyl (C=O) groups is 1. The first-order valence-electron chi connectivity index (χ1n) is 8.12. The second-order valence-electron chi connectivity index (χ2n) is 5.97. The van der Waals surface area contributed by atoms with Gasteiger partial charge in [-0.15, -0.1) is 0 Å². The van der Waals surface area contributed by atoms with Crippen LogP contribution in [0.5, 0.6) is 5.75 Å². The van der Waals surface area contributed by atoms with Crippen LogP contribution in [0.4, 0.5) is 0 Å². The molecule has 0 N–H and O–H groups in total. The van der Waals surface area contributed by atoms with Crippen molar-refractivity contribution in [3.8, 4) is 5.75 Å². The Labute approximate surface area is 133 Å². The van der Waals surface area contributed by atoms with Crippen molar-refractivity contribution in [2.45, 2.75) is 32.1 Å². The minimum atomic E-state index is 0.278. The van der Waals surface area contributed by atoms with E-state index < -0.39 is 0 Å². The highest BCUT2D eigenvalue weighted by Crippen LogP contribution is 2.23. The van der Waals surface area contributed by atoms with Gasteiger partial charge in [0.05, 0.1) is 7.11 Å². The number of hydrogen-bond acceptors (Lipinski definition) is 3. The summed E-state index contributed by atoms with van der Waals surface area (Å²) in [5, 5.41) is 0. The average molecular weight is 305 g/mol. The first-order chi connectivity index (χ1) is 10.7. The van der Waals surface area contributed by atoms with Crippen LogP contribution in [0.2, 0.25) is 0 Å². The van der Waals surface area contributed by atoms with E-state index in [1.165, 1.54) is 5.56 Å². The van der Waals surface area contributed by atoms with Gasteiger partial charge in [-0.3, -0.25) is 4.79 Å². The fourth-order valence-electron chi connectivity index (χ4n) is 3.01. The Morgan fingerprint density at radius 1 is 1.18 bits per heavy atom. The molecule has 4 heteroatoms. The van der Waals surface area contributed by atoms with Gasteiger partial charge in [0.15, 0.2) is 0 Å². The number of nitrogens with zero attached hydrogens (tertiary/aromatic N) is 1. The van der Waals surface area contributed by atoms with Gasteiger partial charge in [-0.1, -0.05) is 12.1 Å². The van der Waals surface area contributed by atoms with Crippen molar-refractivity contribution in [1.82, 2.24) is 4.90 Å². The fourth-order valence-corrected chi connectivity index (χ4v) is 3.01. The normalized spacial score (nSPS) is 15.8. The molecule has 0 bridgehead atoms. The molecule has 1 aromatic carbocycles. The summed E-state index contributed by atoms with van der Waals surface area (Å²) in [5.74, 6) is 1.86. The van der Waals surface area contributed by atoms with Gasteiger partial charge in [0.1, 0.15) is 5.75 Å². The number of methoxy groups -OCH3 is 2. The van der Waals surface area contributed by atoms with Crippen LogP contribution in [0.15, 0.2) is 24.3 Å². The number of piperidine rings is 1. The molecule has 0 spiro atoms. The van der Waals surface area contributed by atoms with Crippen LogP contribution in [0.3, 0.4) is 0 Å². The fraction of sp³-hybridized carbons (Fsp3) is 0.611. The summed E-state index contributed by atoms with van der Waals surface area (Å²) in [6.07, 6.45) is 4.72. The van der Waals surface area contributed by atoms with Crippen LogP contribution in [0, 0.1) is 5.92 Å². The van der Waals surface area contributed by atoms with E-state index in [1.54, 1.807) is 14.2 Å². The molecule has 0 atom stereocenters. The summed E-state index contributed by atoms with van der Waals surface area (Å²) in [6.45, 7) is 2.46. The first-order valence-corrected chi connectivity index (χ1v) is 8.12. The highest BCUT2D eigenvalue weighted by Gasteiger charge is 2.22. The van der Waals surface area contributed by atoms with Crippen LogP contribution < -0.4 is 4.74 Å². The molecule has 1 amide bonds. The topological polar surface area (TPSA) is 38.8 Å². The van der Waals surface area contributed by atoms with Crippen molar-refractivity contribution in [2.75, 3.05) is 33.9 Å². The Hall–Kier alpha value is -1.55. The Morgan fingerprint density at radius 3 is 2.45 bits per heavy atom. The molecule has 1 saturated heterocycles. The number of likely N-dealkylation sites (tertiary alicyclic amines) is 1. The monoisotopic (exact) mass is 305 g/mol. The molecule has 0 radical (unpaired) electrons. The third kappa shape index (κ3) is 5.02.